The van der Waals surface area contributed by atoms with Crippen LogP contribution in [0.5, 0.6) is 5.75 Å². The maximum absolute atomic E-state index is 10.8. The van der Waals surface area contributed by atoms with Crippen LogP contribution in [0.15, 0.2) is 30.3 Å². The molecule has 0 atom stereocenters. The van der Waals surface area contributed by atoms with Crippen molar-refractivity contribution in [3.8, 4) is 5.75 Å². The van der Waals surface area contributed by atoms with Crippen LogP contribution in [0.25, 0.3) is 6.08 Å². The summed E-state index contributed by atoms with van der Waals surface area (Å²) < 4.78 is 5.05. The Hall–Kier alpha value is -1.57. The fourth-order valence-electron chi connectivity index (χ4n) is 1.11. The third kappa shape index (κ3) is 3.05. The Balaban J connectivity index is 2.90. The highest BCUT2D eigenvalue weighted by molar-refractivity contribution is 5.71. The normalized spacial score (nSPS) is 10.4. The van der Waals surface area contributed by atoms with E-state index < -0.39 is 0 Å². The minimum atomic E-state index is -0.289. The average Bonchev–Trinajstić information content (AvgIpc) is 2.16. The first-order valence-electron chi connectivity index (χ1n) is 4.68. The van der Waals surface area contributed by atoms with Crippen LogP contribution in [-0.4, -0.2) is 5.97 Å². The zero-order valence-corrected chi connectivity index (χ0v) is 8.49. The summed E-state index contributed by atoms with van der Waals surface area (Å²) in [5.74, 6) is 0.326. The SMILES string of the molecule is CCC=Cc1ccccc1OC(C)=O. The van der Waals surface area contributed by atoms with Gasteiger partial charge in [-0.2, -0.15) is 0 Å². The maximum atomic E-state index is 10.8. The molecule has 2 heteroatoms. The molecule has 0 bridgehead atoms. The molecule has 0 N–H and O–H groups in total. The number of allylic oxidation sites excluding steroid dienone is 1. The van der Waals surface area contributed by atoms with E-state index in [2.05, 4.69) is 6.92 Å². The lowest BCUT2D eigenvalue weighted by atomic mass is 10.2. The van der Waals surface area contributed by atoms with E-state index in [0.29, 0.717) is 5.75 Å². The number of para-hydroxylation sites is 1. The predicted molar refractivity (Wildman–Crippen MR) is 57.1 cm³/mol. The van der Waals surface area contributed by atoms with Crippen LogP contribution in [0.1, 0.15) is 25.8 Å². The van der Waals surface area contributed by atoms with Crippen LogP contribution in [0.2, 0.25) is 0 Å². The van der Waals surface area contributed by atoms with Crippen LogP contribution in [0.3, 0.4) is 0 Å². The molecule has 0 unspecified atom stereocenters. The molecule has 0 fully saturated rings. The van der Waals surface area contributed by atoms with Crippen molar-refractivity contribution >= 4 is 12.0 Å². The van der Waals surface area contributed by atoms with E-state index in [1.807, 2.05) is 30.4 Å². The van der Waals surface area contributed by atoms with Gasteiger partial charge in [0.2, 0.25) is 0 Å². The van der Waals surface area contributed by atoms with E-state index in [0.717, 1.165) is 12.0 Å². The second-order valence-electron chi connectivity index (χ2n) is 2.94. The smallest absolute Gasteiger partial charge is 0.308 e. The molecule has 0 aliphatic heterocycles. The van der Waals surface area contributed by atoms with Crippen molar-refractivity contribution in [2.24, 2.45) is 0 Å². The molecule has 0 spiro atoms. The fourth-order valence-corrected chi connectivity index (χ4v) is 1.11. The summed E-state index contributed by atoms with van der Waals surface area (Å²) in [6.45, 7) is 3.46. The van der Waals surface area contributed by atoms with E-state index >= 15 is 0 Å². The zero-order valence-electron chi connectivity index (χ0n) is 8.49. The van der Waals surface area contributed by atoms with Crippen molar-refractivity contribution < 1.29 is 9.53 Å². The molecule has 0 radical (unpaired) electrons. The number of carbonyl (C=O) groups excluding carboxylic acids is 1. The Morgan fingerprint density at radius 3 is 2.79 bits per heavy atom. The summed E-state index contributed by atoms with van der Waals surface area (Å²) in [5, 5.41) is 0. The molecule has 1 aromatic rings. The molecular formula is C12H14O2. The second-order valence-corrected chi connectivity index (χ2v) is 2.94. The highest BCUT2D eigenvalue weighted by Gasteiger charge is 2.01. The van der Waals surface area contributed by atoms with Gasteiger partial charge in [-0.15, -0.1) is 0 Å². The van der Waals surface area contributed by atoms with Gasteiger partial charge in [-0.1, -0.05) is 37.3 Å². The summed E-state index contributed by atoms with van der Waals surface area (Å²) in [6.07, 6.45) is 4.95. The Kier molecular flexibility index (Phi) is 3.92. The third-order valence-corrected chi connectivity index (χ3v) is 1.71. The van der Waals surface area contributed by atoms with Crippen molar-refractivity contribution in [2.45, 2.75) is 20.3 Å². The highest BCUT2D eigenvalue weighted by atomic mass is 16.5. The van der Waals surface area contributed by atoms with Gasteiger partial charge in [0.25, 0.3) is 0 Å². The van der Waals surface area contributed by atoms with Crippen LogP contribution < -0.4 is 4.74 Å². The molecule has 14 heavy (non-hydrogen) atoms. The lowest BCUT2D eigenvalue weighted by Crippen LogP contribution is -2.02. The van der Waals surface area contributed by atoms with Gasteiger partial charge < -0.3 is 4.74 Å². The van der Waals surface area contributed by atoms with E-state index in [9.17, 15) is 4.79 Å². The third-order valence-electron chi connectivity index (χ3n) is 1.71. The van der Waals surface area contributed by atoms with Crippen molar-refractivity contribution in [2.75, 3.05) is 0 Å². The first-order valence-corrected chi connectivity index (χ1v) is 4.68. The van der Waals surface area contributed by atoms with Gasteiger partial charge in [0.05, 0.1) is 0 Å². The minimum Gasteiger partial charge on any atom is -0.426 e. The van der Waals surface area contributed by atoms with Gasteiger partial charge in [0.1, 0.15) is 5.75 Å². The number of esters is 1. The van der Waals surface area contributed by atoms with E-state index in [-0.39, 0.29) is 5.97 Å². The Morgan fingerprint density at radius 2 is 2.14 bits per heavy atom. The molecular weight excluding hydrogens is 176 g/mol. The van der Waals surface area contributed by atoms with E-state index in [4.69, 9.17) is 4.74 Å². The van der Waals surface area contributed by atoms with Crippen molar-refractivity contribution in [3.05, 3.63) is 35.9 Å². The summed E-state index contributed by atoms with van der Waals surface area (Å²) >= 11 is 0. The second kappa shape index (κ2) is 5.22. The number of carbonyl (C=O) groups is 1. The Labute approximate surface area is 84.2 Å². The molecule has 0 aromatic heterocycles. The van der Waals surface area contributed by atoms with Crippen LogP contribution in [0, 0.1) is 0 Å². The van der Waals surface area contributed by atoms with Crippen molar-refractivity contribution in [1.82, 2.24) is 0 Å². The fraction of sp³-hybridized carbons (Fsp3) is 0.250. The first-order chi connectivity index (χ1) is 6.74. The standard InChI is InChI=1S/C12H14O2/c1-3-4-7-11-8-5-6-9-12(11)14-10(2)13/h4-9H,3H2,1-2H3. The largest absolute Gasteiger partial charge is 0.426 e. The van der Waals surface area contributed by atoms with E-state index in [1.165, 1.54) is 6.92 Å². The molecule has 2 nitrogen and oxygen atoms in total. The van der Waals surface area contributed by atoms with E-state index in [1.54, 1.807) is 6.07 Å². The molecule has 0 aliphatic carbocycles. The zero-order chi connectivity index (χ0) is 10.4. The average molecular weight is 190 g/mol. The molecule has 0 aliphatic rings. The molecule has 0 heterocycles. The number of ether oxygens (including phenoxy) is 1. The monoisotopic (exact) mass is 190 g/mol. The van der Waals surface area contributed by atoms with Gasteiger partial charge in [-0.05, 0) is 12.5 Å². The van der Waals surface area contributed by atoms with Gasteiger partial charge >= 0.3 is 5.97 Å². The molecule has 0 saturated heterocycles. The molecule has 74 valence electrons. The van der Waals surface area contributed by atoms with Crippen molar-refractivity contribution in [3.63, 3.8) is 0 Å². The molecule has 1 rings (SSSR count). The van der Waals surface area contributed by atoms with Gasteiger partial charge in [0, 0.05) is 12.5 Å². The number of rotatable bonds is 3. The highest BCUT2D eigenvalue weighted by Crippen LogP contribution is 2.19. The maximum Gasteiger partial charge on any atom is 0.308 e. The summed E-state index contributed by atoms with van der Waals surface area (Å²) in [4.78, 5) is 10.8. The Bertz CT molecular complexity index is 340. The lowest BCUT2D eigenvalue weighted by molar-refractivity contribution is -0.131. The summed E-state index contributed by atoms with van der Waals surface area (Å²) in [7, 11) is 0. The van der Waals surface area contributed by atoms with Crippen LogP contribution in [0.4, 0.5) is 0 Å². The quantitative estimate of drug-likeness (QED) is 0.541. The van der Waals surface area contributed by atoms with Gasteiger partial charge in [-0.25, -0.2) is 0 Å². The van der Waals surface area contributed by atoms with Crippen LogP contribution >= 0.6 is 0 Å². The predicted octanol–water partition coefficient (Wildman–Crippen LogP) is 3.04. The number of benzene rings is 1. The van der Waals surface area contributed by atoms with Crippen LogP contribution in [-0.2, 0) is 4.79 Å². The van der Waals surface area contributed by atoms with Gasteiger partial charge in [-0.3, -0.25) is 4.79 Å². The molecule has 0 amide bonds. The molecule has 1 aromatic carbocycles. The number of hydrogen-bond acceptors (Lipinski definition) is 2. The number of hydrogen-bond donors (Lipinski definition) is 0. The first kappa shape index (κ1) is 10.5. The Morgan fingerprint density at radius 1 is 1.43 bits per heavy atom. The summed E-state index contributed by atoms with van der Waals surface area (Å²) in [6, 6.07) is 7.48. The minimum absolute atomic E-state index is 0.289. The van der Waals surface area contributed by atoms with Gasteiger partial charge in [0.15, 0.2) is 0 Å². The lowest BCUT2D eigenvalue weighted by Gasteiger charge is -2.04. The summed E-state index contributed by atoms with van der Waals surface area (Å²) in [5.41, 5.74) is 0.935. The topological polar surface area (TPSA) is 26.3 Å². The van der Waals surface area contributed by atoms with Crippen molar-refractivity contribution in [1.29, 1.82) is 0 Å². The molecule has 0 saturated carbocycles.